The van der Waals surface area contributed by atoms with Crippen LogP contribution in [-0.4, -0.2) is 23.0 Å². The van der Waals surface area contributed by atoms with E-state index >= 15 is 0 Å². The second-order valence-corrected chi connectivity index (χ2v) is 6.99. The maximum Gasteiger partial charge on any atom is 0.303 e. The number of hydrogen-bond donors (Lipinski definition) is 2. The Bertz CT molecular complexity index is 361. The fourth-order valence-corrected chi connectivity index (χ4v) is 4.05. The van der Waals surface area contributed by atoms with Crippen molar-refractivity contribution < 1.29 is 14.7 Å². The fourth-order valence-electron chi connectivity index (χ4n) is 4.05. The van der Waals surface area contributed by atoms with Gasteiger partial charge in [-0.15, -0.1) is 0 Å². The number of carbonyl (C=O) groups is 2. The largest absolute Gasteiger partial charge is 0.481 e. The highest BCUT2D eigenvalue weighted by atomic mass is 16.4. The highest BCUT2D eigenvalue weighted by molar-refractivity contribution is 5.78. The summed E-state index contributed by atoms with van der Waals surface area (Å²) in [7, 11) is 0. The molecule has 2 aliphatic rings. The molecule has 2 unspecified atom stereocenters. The molecule has 2 saturated carbocycles. The summed E-state index contributed by atoms with van der Waals surface area (Å²) in [5, 5.41) is 12.2. The van der Waals surface area contributed by atoms with Gasteiger partial charge in [-0.05, 0) is 37.0 Å². The van der Waals surface area contributed by atoms with E-state index in [1.807, 2.05) is 0 Å². The van der Waals surface area contributed by atoms with Crippen molar-refractivity contribution in [2.75, 3.05) is 0 Å². The van der Waals surface area contributed by atoms with Crippen LogP contribution >= 0.6 is 0 Å². The van der Waals surface area contributed by atoms with Crippen LogP contribution in [0.25, 0.3) is 0 Å². The molecule has 2 N–H and O–H groups in total. The number of nitrogens with one attached hydrogen (secondary N) is 1. The van der Waals surface area contributed by atoms with Gasteiger partial charge in [0.2, 0.25) is 5.91 Å². The van der Waals surface area contributed by atoms with Gasteiger partial charge in [0.25, 0.3) is 0 Å². The second-order valence-electron chi connectivity index (χ2n) is 6.99. The van der Waals surface area contributed by atoms with Crippen LogP contribution in [0.2, 0.25) is 0 Å². The molecular formula is C16H27NO3. The van der Waals surface area contributed by atoms with Crippen molar-refractivity contribution in [3.63, 3.8) is 0 Å². The number of carboxylic acid groups (broad SMARTS) is 1. The molecule has 4 heteroatoms. The predicted octanol–water partition coefficient (Wildman–Crippen LogP) is 3.11. The minimum absolute atomic E-state index is 0.0623. The lowest BCUT2D eigenvalue weighted by Gasteiger charge is -2.30. The second kappa shape index (κ2) is 6.59. The van der Waals surface area contributed by atoms with Gasteiger partial charge in [0, 0.05) is 12.5 Å². The predicted molar refractivity (Wildman–Crippen MR) is 77.3 cm³/mol. The quantitative estimate of drug-likeness (QED) is 0.813. The van der Waals surface area contributed by atoms with Crippen molar-refractivity contribution in [2.45, 2.75) is 77.2 Å². The van der Waals surface area contributed by atoms with E-state index in [-0.39, 0.29) is 17.7 Å². The van der Waals surface area contributed by atoms with Gasteiger partial charge in [0.1, 0.15) is 0 Å². The van der Waals surface area contributed by atoms with Crippen molar-refractivity contribution in [1.29, 1.82) is 0 Å². The van der Waals surface area contributed by atoms with Gasteiger partial charge in [-0.2, -0.15) is 0 Å². The Morgan fingerprint density at radius 2 is 1.85 bits per heavy atom. The van der Waals surface area contributed by atoms with Gasteiger partial charge in [-0.3, -0.25) is 9.59 Å². The summed E-state index contributed by atoms with van der Waals surface area (Å²) < 4.78 is 0. The summed E-state index contributed by atoms with van der Waals surface area (Å²) in [6, 6.07) is 0.300. The summed E-state index contributed by atoms with van der Waals surface area (Å²) in [6.45, 7) is 2.24. The molecule has 0 aromatic carbocycles. The molecule has 2 fully saturated rings. The van der Waals surface area contributed by atoms with E-state index in [9.17, 15) is 9.59 Å². The Kier molecular flexibility index (Phi) is 5.06. The van der Waals surface area contributed by atoms with Crippen LogP contribution in [0.5, 0.6) is 0 Å². The Hall–Kier alpha value is -1.06. The number of hydrogen-bond acceptors (Lipinski definition) is 2. The molecule has 2 aliphatic carbocycles. The van der Waals surface area contributed by atoms with Gasteiger partial charge in [0.05, 0.1) is 6.42 Å². The molecule has 0 aromatic heterocycles. The molecule has 0 bridgehead atoms. The molecule has 114 valence electrons. The Balaban J connectivity index is 1.86. The Labute approximate surface area is 121 Å². The van der Waals surface area contributed by atoms with E-state index in [2.05, 4.69) is 12.2 Å². The SMILES string of the molecule is CC1CCCC(NC(=O)CC2(CC(=O)O)CCCC2)C1. The van der Waals surface area contributed by atoms with E-state index < -0.39 is 5.97 Å². The first-order valence-electron chi connectivity index (χ1n) is 8.00. The molecule has 20 heavy (non-hydrogen) atoms. The molecular weight excluding hydrogens is 254 g/mol. The standard InChI is InChI=1S/C16H27NO3/c1-12-5-4-6-13(9-12)17-14(18)10-16(11-15(19)20)7-2-3-8-16/h12-13H,2-11H2,1H3,(H,17,18)(H,19,20). The van der Waals surface area contributed by atoms with Crippen LogP contribution in [-0.2, 0) is 9.59 Å². The van der Waals surface area contributed by atoms with Crippen LogP contribution < -0.4 is 5.32 Å². The molecule has 2 atom stereocenters. The number of aliphatic carboxylic acids is 1. The summed E-state index contributed by atoms with van der Waals surface area (Å²) >= 11 is 0. The smallest absolute Gasteiger partial charge is 0.303 e. The molecule has 0 saturated heterocycles. The third kappa shape index (κ3) is 4.22. The van der Waals surface area contributed by atoms with Crippen molar-refractivity contribution in [2.24, 2.45) is 11.3 Å². The van der Waals surface area contributed by atoms with Crippen LogP contribution in [0.1, 0.15) is 71.1 Å². The molecule has 0 spiro atoms. The maximum absolute atomic E-state index is 12.3. The van der Waals surface area contributed by atoms with Crippen molar-refractivity contribution in [3.05, 3.63) is 0 Å². The van der Waals surface area contributed by atoms with Crippen LogP contribution in [0.15, 0.2) is 0 Å². The number of rotatable bonds is 5. The topological polar surface area (TPSA) is 66.4 Å². The molecule has 0 radical (unpaired) electrons. The minimum atomic E-state index is -0.772. The maximum atomic E-state index is 12.3. The van der Waals surface area contributed by atoms with Gasteiger partial charge < -0.3 is 10.4 Å². The third-order valence-corrected chi connectivity index (χ3v) is 5.03. The average molecular weight is 281 g/mol. The lowest BCUT2D eigenvalue weighted by atomic mass is 9.79. The van der Waals surface area contributed by atoms with Crippen molar-refractivity contribution in [1.82, 2.24) is 5.32 Å². The Morgan fingerprint density at radius 1 is 1.15 bits per heavy atom. The Morgan fingerprint density at radius 3 is 2.45 bits per heavy atom. The van der Waals surface area contributed by atoms with Gasteiger partial charge in [-0.25, -0.2) is 0 Å². The number of carbonyl (C=O) groups excluding carboxylic acids is 1. The molecule has 2 rings (SSSR count). The highest BCUT2D eigenvalue weighted by Gasteiger charge is 2.38. The van der Waals surface area contributed by atoms with E-state index in [0.29, 0.717) is 18.4 Å². The molecule has 4 nitrogen and oxygen atoms in total. The van der Waals surface area contributed by atoms with Crippen molar-refractivity contribution in [3.8, 4) is 0 Å². The van der Waals surface area contributed by atoms with Gasteiger partial charge in [-0.1, -0.05) is 32.6 Å². The highest BCUT2D eigenvalue weighted by Crippen LogP contribution is 2.44. The van der Waals surface area contributed by atoms with E-state index in [1.165, 1.54) is 12.8 Å². The van der Waals surface area contributed by atoms with Gasteiger partial charge >= 0.3 is 5.97 Å². The molecule has 1 amide bonds. The number of carboxylic acids is 1. The fraction of sp³-hybridized carbons (Fsp3) is 0.875. The summed E-state index contributed by atoms with van der Waals surface area (Å²) in [4.78, 5) is 23.3. The van der Waals surface area contributed by atoms with Gasteiger partial charge in [0.15, 0.2) is 0 Å². The van der Waals surface area contributed by atoms with Crippen LogP contribution in [0, 0.1) is 11.3 Å². The van der Waals surface area contributed by atoms with Crippen molar-refractivity contribution >= 4 is 11.9 Å². The summed E-state index contributed by atoms with van der Waals surface area (Å²) in [5.74, 6) is -0.0215. The summed E-state index contributed by atoms with van der Waals surface area (Å²) in [6.07, 6.45) is 9.00. The zero-order chi connectivity index (χ0) is 14.6. The van der Waals surface area contributed by atoms with Crippen LogP contribution in [0.4, 0.5) is 0 Å². The van der Waals surface area contributed by atoms with E-state index in [4.69, 9.17) is 5.11 Å². The molecule has 0 aliphatic heterocycles. The van der Waals surface area contributed by atoms with E-state index in [0.717, 1.165) is 38.5 Å². The summed E-state index contributed by atoms with van der Waals surface area (Å²) in [5.41, 5.74) is -0.282. The zero-order valence-corrected chi connectivity index (χ0v) is 12.5. The van der Waals surface area contributed by atoms with E-state index in [1.54, 1.807) is 0 Å². The molecule has 0 aromatic rings. The lowest BCUT2D eigenvalue weighted by molar-refractivity contribution is -0.140. The monoisotopic (exact) mass is 281 g/mol. The first kappa shape index (κ1) is 15.3. The molecule has 0 heterocycles. The third-order valence-electron chi connectivity index (χ3n) is 5.03. The lowest BCUT2D eigenvalue weighted by Crippen LogP contribution is -2.40. The average Bonchev–Trinajstić information content (AvgIpc) is 2.75. The minimum Gasteiger partial charge on any atom is -0.481 e. The first-order chi connectivity index (χ1) is 9.49. The normalized spacial score (nSPS) is 29.1. The first-order valence-corrected chi connectivity index (χ1v) is 8.00. The zero-order valence-electron chi connectivity index (χ0n) is 12.5. The van der Waals surface area contributed by atoms with Crippen LogP contribution in [0.3, 0.4) is 0 Å². The number of amides is 1.